The van der Waals surface area contributed by atoms with E-state index in [1.165, 1.54) is 18.3 Å². The van der Waals surface area contributed by atoms with Gasteiger partial charge in [-0.1, -0.05) is 23.7 Å². The van der Waals surface area contributed by atoms with Crippen LogP contribution >= 0.6 is 11.6 Å². The Morgan fingerprint density at radius 2 is 1.74 bits per heavy atom. The summed E-state index contributed by atoms with van der Waals surface area (Å²) in [6, 6.07) is 5.79. The molecule has 0 radical (unpaired) electrons. The molecule has 0 saturated heterocycles. The molecule has 3 rings (SSSR count). The average Bonchev–Trinajstić information content (AvgIpc) is 2.60. The second-order valence-electron chi connectivity index (χ2n) is 6.10. The second-order valence-corrected chi connectivity index (χ2v) is 6.47. The molecule has 0 aliphatic carbocycles. The summed E-state index contributed by atoms with van der Waals surface area (Å²) < 4.78 is 38.7. The van der Waals surface area contributed by atoms with Crippen LogP contribution in [-0.2, 0) is 6.18 Å². The molecule has 0 saturated carbocycles. The first-order chi connectivity index (χ1) is 12.6. The predicted octanol–water partition coefficient (Wildman–Crippen LogP) is 4.69. The number of halogens is 4. The molecule has 0 atom stereocenters. The Hall–Kier alpha value is -2.80. The van der Waals surface area contributed by atoms with Gasteiger partial charge in [-0.3, -0.25) is 9.59 Å². The van der Waals surface area contributed by atoms with Gasteiger partial charge in [0.25, 0.3) is 0 Å². The summed E-state index contributed by atoms with van der Waals surface area (Å²) in [5, 5.41) is -0.0167. The lowest BCUT2D eigenvalue weighted by Gasteiger charge is -2.11. The van der Waals surface area contributed by atoms with Gasteiger partial charge in [-0.05, 0) is 31.5 Å². The zero-order valence-corrected chi connectivity index (χ0v) is 15.0. The van der Waals surface area contributed by atoms with Crippen LogP contribution in [0.4, 0.5) is 13.2 Å². The van der Waals surface area contributed by atoms with Gasteiger partial charge in [0.1, 0.15) is 5.02 Å². The van der Waals surface area contributed by atoms with Gasteiger partial charge >= 0.3 is 6.18 Å². The number of benzene rings is 1. The van der Waals surface area contributed by atoms with Crippen molar-refractivity contribution < 1.29 is 13.2 Å². The minimum Gasteiger partial charge on any atom is -0.361 e. The first kappa shape index (κ1) is 19.0. The van der Waals surface area contributed by atoms with Crippen molar-refractivity contribution in [3.05, 3.63) is 78.9 Å². The molecule has 2 N–H and O–H groups in total. The predicted molar refractivity (Wildman–Crippen MR) is 98.0 cm³/mol. The lowest BCUT2D eigenvalue weighted by molar-refractivity contribution is -0.137. The number of hydrogen-bond acceptors (Lipinski definition) is 2. The highest BCUT2D eigenvalue weighted by Gasteiger charge is 2.30. The van der Waals surface area contributed by atoms with E-state index in [9.17, 15) is 22.8 Å². The van der Waals surface area contributed by atoms with Crippen LogP contribution in [0.3, 0.4) is 0 Å². The quantitative estimate of drug-likeness (QED) is 0.662. The zero-order chi connectivity index (χ0) is 19.9. The van der Waals surface area contributed by atoms with E-state index >= 15 is 0 Å². The summed E-state index contributed by atoms with van der Waals surface area (Å²) in [7, 11) is 0. The summed E-state index contributed by atoms with van der Waals surface area (Å²) in [5.74, 6) is 0. The minimum atomic E-state index is -4.49. The third-order valence-electron chi connectivity index (χ3n) is 4.19. The van der Waals surface area contributed by atoms with Crippen LogP contribution in [0.5, 0.6) is 0 Å². The largest absolute Gasteiger partial charge is 0.416 e. The van der Waals surface area contributed by atoms with Crippen molar-refractivity contribution in [3.63, 3.8) is 0 Å². The number of pyridine rings is 2. The van der Waals surface area contributed by atoms with Crippen LogP contribution in [0.1, 0.15) is 17.0 Å². The molecular weight excluding hydrogens is 381 g/mol. The first-order valence-corrected chi connectivity index (χ1v) is 8.27. The van der Waals surface area contributed by atoms with Gasteiger partial charge in [0, 0.05) is 29.3 Å². The van der Waals surface area contributed by atoms with Gasteiger partial charge < -0.3 is 9.97 Å². The molecule has 4 nitrogen and oxygen atoms in total. The maximum atomic E-state index is 12.9. The van der Waals surface area contributed by atoms with E-state index in [2.05, 4.69) is 9.97 Å². The highest BCUT2D eigenvalue weighted by atomic mass is 35.5. The van der Waals surface area contributed by atoms with E-state index in [0.717, 1.165) is 18.2 Å². The lowest BCUT2D eigenvalue weighted by Crippen LogP contribution is -2.16. The fourth-order valence-electron chi connectivity index (χ4n) is 2.87. The molecule has 0 aliphatic heterocycles. The second kappa shape index (κ2) is 6.74. The number of alkyl halides is 3. The molecule has 27 heavy (non-hydrogen) atoms. The van der Waals surface area contributed by atoms with Crippen LogP contribution in [0.15, 0.2) is 46.1 Å². The number of aryl methyl sites for hydroxylation is 2. The van der Waals surface area contributed by atoms with E-state index in [0.29, 0.717) is 11.4 Å². The van der Waals surface area contributed by atoms with Gasteiger partial charge in [0.2, 0.25) is 5.43 Å². The van der Waals surface area contributed by atoms with Crippen molar-refractivity contribution in [2.24, 2.45) is 0 Å². The zero-order valence-electron chi connectivity index (χ0n) is 14.3. The molecule has 2 aromatic heterocycles. The third kappa shape index (κ3) is 3.55. The first-order valence-electron chi connectivity index (χ1n) is 7.89. The smallest absolute Gasteiger partial charge is 0.361 e. The Labute approximate surface area is 156 Å². The summed E-state index contributed by atoms with van der Waals surface area (Å²) in [6.45, 7) is 3.28. The molecule has 0 aliphatic rings. The summed E-state index contributed by atoms with van der Waals surface area (Å²) in [4.78, 5) is 30.7. The molecule has 3 aromatic rings. The van der Waals surface area contributed by atoms with Gasteiger partial charge in [0.05, 0.1) is 16.7 Å². The average molecular weight is 395 g/mol. The van der Waals surface area contributed by atoms with Gasteiger partial charge in [-0.25, -0.2) is 0 Å². The summed E-state index contributed by atoms with van der Waals surface area (Å²) >= 11 is 5.98. The SMILES string of the molecule is Cc1[nH]c(C)c(-c2c[nH]c(-c3cccc(C(F)(F)F)c3)cc2=O)c(=O)c1Cl. The number of nitrogens with one attached hydrogen (secondary N) is 2. The molecule has 1 aromatic carbocycles. The normalized spacial score (nSPS) is 11.6. The standard InChI is InChI=1S/C19H14ClF3N2O2/c1-9-16(18(27)17(20)10(2)25-9)13-8-24-14(7-15(13)26)11-4-3-5-12(6-11)19(21,22)23/h3-8H,1-2H3,(H,24,26)(H,25,27). The molecule has 2 heterocycles. The number of hydrogen-bond donors (Lipinski definition) is 2. The van der Waals surface area contributed by atoms with Crippen LogP contribution in [-0.4, -0.2) is 9.97 Å². The van der Waals surface area contributed by atoms with E-state index in [-0.39, 0.29) is 27.4 Å². The van der Waals surface area contributed by atoms with Gasteiger partial charge in [-0.2, -0.15) is 13.2 Å². The van der Waals surface area contributed by atoms with Crippen molar-refractivity contribution >= 4 is 11.6 Å². The Morgan fingerprint density at radius 3 is 2.37 bits per heavy atom. The van der Waals surface area contributed by atoms with Crippen LogP contribution < -0.4 is 10.9 Å². The number of rotatable bonds is 2. The van der Waals surface area contributed by atoms with E-state index < -0.39 is 22.6 Å². The van der Waals surface area contributed by atoms with Crippen molar-refractivity contribution in [1.29, 1.82) is 0 Å². The van der Waals surface area contributed by atoms with Crippen molar-refractivity contribution in [3.8, 4) is 22.4 Å². The molecule has 8 heteroatoms. The Balaban J connectivity index is 2.13. The highest BCUT2D eigenvalue weighted by Crippen LogP contribution is 2.31. The van der Waals surface area contributed by atoms with Gasteiger partial charge in [0.15, 0.2) is 5.43 Å². The number of aromatic amines is 2. The maximum Gasteiger partial charge on any atom is 0.416 e. The van der Waals surface area contributed by atoms with Crippen molar-refractivity contribution in [2.75, 3.05) is 0 Å². The fraction of sp³-hybridized carbons (Fsp3) is 0.158. The fourth-order valence-corrected chi connectivity index (χ4v) is 3.01. The highest BCUT2D eigenvalue weighted by molar-refractivity contribution is 6.31. The van der Waals surface area contributed by atoms with Crippen LogP contribution in [0.25, 0.3) is 22.4 Å². The maximum absolute atomic E-state index is 12.9. The topological polar surface area (TPSA) is 65.7 Å². The Bertz CT molecular complexity index is 1150. The van der Waals surface area contributed by atoms with Crippen LogP contribution in [0.2, 0.25) is 5.02 Å². The molecule has 0 unspecified atom stereocenters. The minimum absolute atomic E-state index is 0.0167. The Kier molecular flexibility index (Phi) is 4.73. The summed E-state index contributed by atoms with van der Waals surface area (Å²) in [5.41, 5.74) is -0.212. The number of H-pyrrole nitrogens is 2. The molecule has 0 bridgehead atoms. The molecule has 0 fully saturated rings. The monoisotopic (exact) mass is 394 g/mol. The van der Waals surface area contributed by atoms with E-state index in [1.807, 2.05) is 0 Å². The van der Waals surface area contributed by atoms with E-state index in [4.69, 9.17) is 11.6 Å². The van der Waals surface area contributed by atoms with Crippen molar-refractivity contribution in [2.45, 2.75) is 20.0 Å². The van der Waals surface area contributed by atoms with Crippen LogP contribution in [0, 0.1) is 13.8 Å². The number of aromatic nitrogens is 2. The molecular formula is C19H14ClF3N2O2. The summed E-state index contributed by atoms with van der Waals surface area (Å²) in [6.07, 6.45) is -3.18. The molecule has 0 amide bonds. The Morgan fingerprint density at radius 1 is 1.04 bits per heavy atom. The van der Waals surface area contributed by atoms with E-state index in [1.54, 1.807) is 13.8 Å². The molecule has 0 spiro atoms. The van der Waals surface area contributed by atoms with Crippen molar-refractivity contribution in [1.82, 2.24) is 9.97 Å². The van der Waals surface area contributed by atoms with Gasteiger partial charge in [-0.15, -0.1) is 0 Å². The molecule has 140 valence electrons. The lowest BCUT2D eigenvalue weighted by atomic mass is 10.0. The third-order valence-corrected chi connectivity index (χ3v) is 4.64.